The summed E-state index contributed by atoms with van der Waals surface area (Å²) >= 11 is 0. The van der Waals surface area contributed by atoms with Crippen LogP contribution in [0.15, 0.2) is 18.2 Å². The topological polar surface area (TPSA) is 12.5 Å². The number of aryl methyl sites for hydroxylation is 1. The third-order valence-electron chi connectivity index (χ3n) is 2.70. The van der Waals surface area contributed by atoms with Crippen molar-refractivity contribution in [3.8, 4) is 0 Å². The van der Waals surface area contributed by atoms with Crippen molar-refractivity contribution >= 4 is 19.0 Å². The van der Waals surface area contributed by atoms with Gasteiger partial charge in [-0.25, -0.2) is 0 Å². The van der Waals surface area contributed by atoms with Crippen LogP contribution in [0.1, 0.15) is 5.56 Å². The van der Waals surface area contributed by atoms with E-state index < -0.39 is 0 Å². The van der Waals surface area contributed by atoms with Crippen LogP contribution in [0.4, 0.5) is 5.69 Å². The standard InChI is InChI=1S/C11H16BNO/c1-9-8-10(12)2-3-11(9)13-4-6-14-7-5-13/h2-3,8H,4-7,12H2,1H3. The molecule has 0 aliphatic carbocycles. The van der Waals surface area contributed by atoms with Gasteiger partial charge in [0.1, 0.15) is 7.85 Å². The van der Waals surface area contributed by atoms with Crippen molar-refractivity contribution in [1.82, 2.24) is 0 Å². The summed E-state index contributed by atoms with van der Waals surface area (Å²) in [5.74, 6) is 0. The Kier molecular flexibility index (Phi) is 2.78. The summed E-state index contributed by atoms with van der Waals surface area (Å²) in [6.07, 6.45) is 0. The maximum atomic E-state index is 5.34. The smallest absolute Gasteiger partial charge is 0.139 e. The van der Waals surface area contributed by atoms with Crippen molar-refractivity contribution < 1.29 is 4.74 Å². The highest BCUT2D eigenvalue weighted by molar-refractivity contribution is 6.32. The van der Waals surface area contributed by atoms with Gasteiger partial charge in [0.2, 0.25) is 0 Å². The van der Waals surface area contributed by atoms with Crippen LogP contribution >= 0.6 is 0 Å². The fourth-order valence-electron chi connectivity index (χ4n) is 1.96. The van der Waals surface area contributed by atoms with Gasteiger partial charge in [-0.05, 0) is 18.6 Å². The summed E-state index contributed by atoms with van der Waals surface area (Å²) in [5, 5.41) is 0. The van der Waals surface area contributed by atoms with Gasteiger partial charge in [-0.15, -0.1) is 0 Å². The summed E-state index contributed by atoms with van der Waals surface area (Å²) in [6, 6.07) is 6.64. The summed E-state index contributed by atoms with van der Waals surface area (Å²) in [6.45, 7) is 5.92. The minimum Gasteiger partial charge on any atom is -0.378 e. The molecule has 74 valence electrons. The molecule has 2 rings (SSSR count). The van der Waals surface area contributed by atoms with Crippen LogP contribution in [-0.4, -0.2) is 34.1 Å². The molecule has 0 saturated carbocycles. The number of benzene rings is 1. The van der Waals surface area contributed by atoms with Crippen molar-refractivity contribution in [2.24, 2.45) is 0 Å². The molecule has 0 spiro atoms. The Morgan fingerprint density at radius 1 is 1.29 bits per heavy atom. The fraction of sp³-hybridized carbons (Fsp3) is 0.455. The molecule has 0 atom stereocenters. The van der Waals surface area contributed by atoms with E-state index in [1.165, 1.54) is 16.7 Å². The van der Waals surface area contributed by atoms with Gasteiger partial charge >= 0.3 is 0 Å². The second kappa shape index (κ2) is 4.05. The van der Waals surface area contributed by atoms with E-state index in [-0.39, 0.29) is 0 Å². The van der Waals surface area contributed by atoms with Crippen molar-refractivity contribution in [2.45, 2.75) is 6.92 Å². The molecule has 1 fully saturated rings. The van der Waals surface area contributed by atoms with Crippen molar-refractivity contribution in [1.29, 1.82) is 0 Å². The van der Waals surface area contributed by atoms with E-state index in [2.05, 4.69) is 37.9 Å². The maximum absolute atomic E-state index is 5.34. The van der Waals surface area contributed by atoms with Gasteiger partial charge in [-0.3, -0.25) is 0 Å². The van der Waals surface area contributed by atoms with E-state index in [9.17, 15) is 0 Å². The molecule has 0 radical (unpaired) electrons. The first-order chi connectivity index (χ1) is 6.77. The summed E-state index contributed by atoms with van der Waals surface area (Å²) in [7, 11) is 2.14. The third-order valence-corrected chi connectivity index (χ3v) is 2.70. The number of hydrogen-bond acceptors (Lipinski definition) is 2. The number of anilines is 1. The highest BCUT2D eigenvalue weighted by Gasteiger charge is 2.12. The molecule has 0 amide bonds. The molecule has 2 nitrogen and oxygen atoms in total. The molecule has 14 heavy (non-hydrogen) atoms. The van der Waals surface area contributed by atoms with Crippen LogP contribution in [-0.2, 0) is 4.74 Å². The molecule has 1 aromatic rings. The summed E-state index contributed by atoms with van der Waals surface area (Å²) in [5.41, 5.74) is 4.06. The Balaban J connectivity index is 2.22. The van der Waals surface area contributed by atoms with Gasteiger partial charge in [-0.1, -0.05) is 17.6 Å². The van der Waals surface area contributed by atoms with E-state index in [1.807, 2.05) is 0 Å². The van der Waals surface area contributed by atoms with Crippen LogP contribution in [0, 0.1) is 6.92 Å². The van der Waals surface area contributed by atoms with Gasteiger partial charge in [0, 0.05) is 18.8 Å². The largest absolute Gasteiger partial charge is 0.378 e. The molecule has 1 aliphatic rings. The van der Waals surface area contributed by atoms with E-state index in [0.717, 1.165) is 26.3 Å². The van der Waals surface area contributed by atoms with Crippen LogP contribution in [0.2, 0.25) is 0 Å². The van der Waals surface area contributed by atoms with Gasteiger partial charge < -0.3 is 9.64 Å². The van der Waals surface area contributed by atoms with Crippen molar-refractivity contribution in [2.75, 3.05) is 31.2 Å². The SMILES string of the molecule is Bc1ccc(N2CCOCC2)c(C)c1. The second-order valence-electron chi connectivity index (χ2n) is 3.89. The molecule has 0 bridgehead atoms. The Hall–Kier alpha value is -0.955. The Labute approximate surface area is 86.3 Å². The quantitative estimate of drug-likeness (QED) is 0.580. The second-order valence-corrected chi connectivity index (χ2v) is 3.89. The predicted octanol–water partition coefficient (Wildman–Crippen LogP) is 0.0900. The number of nitrogens with zero attached hydrogens (tertiary/aromatic N) is 1. The molecule has 0 unspecified atom stereocenters. The lowest BCUT2D eigenvalue weighted by atomic mass is 9.94. The Bertz CT molecular complexity index is 321. The molecule has 1 aromatic carbocycles. The average molecular weight is 189 g/mol. The van der Waals surface area contributed by atoms with Crippen molar-refractivity contribution in [3.05, 3.63) is 23.8 Å². The third kappa shape index (κ3) is 1.93. The molecule has 3 heteroatoms. The van der Waals surface area contributed by atoms with Crippen LogP contribution in [0.3, 0.4) is 0 Å². The summed E-state index contributed by atoms with van der Waals surface area (Å²) in [4.78, 5) is 2.40. The van der Waals surface area contributed by atoms with E-state index in [1.54, 1.807) is 0 Å². The monoisotopic (exact) mass is 189 g/mol. The highest BCUT2D eigenvalue weighted by Crippen LogP contribution is 2.19. The lowest BCUT2D eigenvalue weighted by molar-refractivity contribution is 0.122. The van der Waals surface area contributed by atoms with Gasteiger partial charge in [0.05, 0.1) is 13.2 Å². The van der Waals surface area contributed by atoms with E-state index in [4.69, 9.17) is 4.74 Å². The van der Waals surface area contributed by atoms with E-state index >= 15 is 0 Å². The molecule has 1 heterocycles. The number of morpholine rings is 1. The van der Waals surface area contributed by atoms with Crippen LogP contribution in [0.5, 0.6) is 0 Å². The lowest BCUT2D eigenvalue weighted by Gasteiger charge is -2.30. The molecule has 0 N–H and O–H groups in total. The minimum atomic E-state index is 0.854. The Morgan fingerprint density at radius 2 is 2.00 bits per heavy atom. The molecule has 1 saturated heterocycles. The first-order valence-corrected chi connectivity index (χ1v) is 5.17. The molecular weight excluding hydrogens is 173 g/mol. The number of hydrogen-bond donors (Lipinski definition) is 0. The molecule has 1 aliphatic heterocycles. The molecular formula is C11H16BNO. The maximum Gasteiger partial charge on any atom is 0.139 e. The summed E-state index contributed by atoms with van der Waals surface area (Å²) < 4.78 is 5.34. The normalized spacial score (nSPS) is 17.1. The first-order valence-electron chi connectivity index (χ1n) is 5.17. The highest BCUT2D eigenvalue weighted by atomic mass is 16.5. The van der Waals surface area contributed by atoms with Crippen molar-refractivity contribution in [3.63, 3.8) is 0 Å². The zero-order chi connectivity index (χ0) is 9.97. The number of rotatable bonds is 1. The van der Waals surface area contributed by atoms with Crippen LogP contribution in [0.25, 0.3) is 0 Å². The first kappa shape index (κ1) is 9.59. The Morgan fingerprint density at radius 3 is 2.64 bits per heavy atom. The lowest BCUT2D eigenvalue weighted by Crippen LogP contribution is -2.36. The van der Waals surface area contributed by atoms with Gasteiger partial charge in [-0.2, -0.15) is 0 Å². The zero-order valence-electron chi connectivity index (χ0n) is 8.92. The van der Waals surface area contributed by atoms with Crippen LogP contribution < -0.4 is 10.4 Å². The predicted molar refractivity (Wildman–Crippen MR) is 62.4 cm³/mol. The molecule has 0 aromatic heterocycles. The number of ether oxygens (including phenoxy) is 1. The average Bonchev–Trinajstić information content (AvgIpc) is 2.19. The fourth-order valence-corrected chi connectivity index (χ4v) is 1.96. The van der Waals surface area contributed by atoms with E-state index in [0.29, 0.717) is 0 Å². The van der Waals surface area contributed by atoms with Gasteiger partial charge in [0.25, 0.3) is 0 Å². The minimum absolute atomic E-state index is 0.854. The zero-order valence-corrected chi connectivity index (χ0v) is 8.92. The van der Waals surface area contributed by atoms with Gasteiger partial charge in [0.15, 0.2) is 0 Å².